The van der Waals surface area contributed by atoms with Crippen molar-refractivity contribution in [3.63, 3.8) is 0 Å². The first-order valence-corrected chi connectivity index (χ1v) is 8.32. The maximum atomic E-state index is 12.8. The molecule has 1 amide bonds. The Morgan fingerprint density at radius 1 is 1.55 bits per heavy atom. The smallest absolute Gasteiger partial charge is 0.251 e. The van der Waals surface area contributed by atoms with Gasteiger partial charge in [0.15, 0.2) is 0 Å². The Morgan fingerprint density at radius 2 is 2.23 bits per heavy atom. The number of unbranched alkanes of at least 4 members (excludes halogenated alkanes) is 1. The van der Waals surface area contributed by atoms with E-state index in [9.17, 15) is 4.79 Å². The van der Waals surface area contributed by atoms with Crippen molar-refractivity contribution < 1.29 is 4.79 Å². The molecule has 1 aliphatic rings. The van der Waals surface area contributed by atoms with Gasteiger partial charge < -0.3 is 16.4 Å². The van der Waals surface area contributed by atoms with Crippen LogP contribution in [0.5, 0.6) is 0 Å². The van der Waals surface area contributed by atoms with Crippen LogP contribution in [0.4, 0.5) is 0 Å². The normalized spacial score (nSPS) is 19.2. The number of halogens is 1. The second-order valence-electron chi connectivity index (χ2n) is 5.89. The fraction of sp³-hybridized carbons (Fsp3) is 0.588. The lowest BCUT2D eigenvalue weighted by molar-refractivity contribution is -0.129. The highest BCUT2D eigenvalue weighted by Crippen LogP contribution is 2.28. The molecule has 5 heteroatoms. The molecule has 0 aromatic heterocycles. The molecule has 4 N–H and O–H groups in total. The average Bonchev–Trinajstić information content (AvgIpc) is 2.46. The number of allylic oxidation sites excluding steroid dienone is 3. The van der Waals surface area contributed by atoms with E-state index in [1.807, 2.05) is 24.0 Å². The van der Waals surface area contributed by atoms with Crippen LogP contribution in [0, 0.1) is 0 Å². The highest BCUT2D eigenvalue weighted by molar-refractivity contribution is 6.26. The van der Waals surface area contributed by atoms with Crippen LogP contribution >= 0.6 is 11.6 Å². The number of hydrogen-bond acceptors (Lipinski definition) is 3. The number of amides is 1. The fourth-order valence-corrected chi connectivity index (χ4v) is 2.86. The molecule has 2 unspecified atom stereocenters. The summed E-state index contributed by atoms with van der Waals surface area (Å²) in [7, 11) is 0. The second kappa shape index (κ2) is 9.01. The second-order valence-corrected chi connectivity index (χ2v) is 6.42. The molecule has 0 saturated carbocycles. The molecule has 0 heterocycles. The summed E-state index contributed by atoms with van der Waals surface area (Å²) in [6.45, 7) is 8.95. The van der Waals surface area contributed by atoms with E-state index in [1.54, 1.807) is 0 Å². The van der Waals surface area contributed by atoms with Crippen molar-refractivity contribution in [1.29, 1.82) is 0 Å². The first kappa shape index (κ1) is 18.8. The number of hydrogen-bond donors (Lipinski definition) is 2. The largest absolute Gasteiger partial charge is 0.402 e. The topological polar surface area (TPSA) is 72.4 Å². The van der Waals surface area contributed by atoms with E-state index in [0.29, 0.717) is 37.2 Å². The molecule has 0 spiro atoms. The molecule has 1 aliphatic carbocycles. The van der Waals surface area contributed by atoms with Crippen molar-refractivity contribution in [2.24, 2.45) is 11.5 Å². The molecule has 0 aromatic carbocycles. The fourth-order valence-electron chi connectivity index (χ4n) is 2.49. The predicted molar refractivity (Wildman–Crippen MR) is 93.5 cm³/mol. The zero-order valence-corrected chi connectivity index (χ0v) is 14.4. The Morgan fingerprint density at radius 3 is 2.73 bits per heavy atom. The zero-order chi connectivity index (χ0) is 16.7. The summed E-state index contributed by atoms with van der Waals surface area (Å²) in [5.41, 5.74) is 13.7. The lowest BCUT2D eigenvalue weighted by atomic mass is 9.94. The van der Waals surface area contributed by atoms with Crippen LogP contribution in [0.15, 0.2) is 35.6 Å². The Balaban J connectivity index is 2.90. The quantitative estimate of drug-likeness (QED) is 0.674. The Labute approximate surface area is 138 Å². The molecule has 0 aromatic rings. The van der Waals surface area contributed by atoms with Gasteiger partial charge in [0.05, 0.1) is 5.38 Å². The SMILES string of the molecule is C=C(N)CC1=CC=C(C(=O)N(CCCC)C(C)CN)C(Cl)C1. The molecular formula is C17H28ClN3O. The van der Waals surface area contributed by atoms with Crippen LogP contribution in [0.2, 0.25) is 0 Å². The lowest BCUT2D eigenvalue weighted by Gasteiger charge is -2.31. The molecule has 0 bridgehead atoms. The van der Waals surface area contributed by atoms with Crippen molar-refractivity contribution in [2.45, 2.75) is 50.9 Å². The Bertz CT molecular complexity index is 471. The number of nitrogens with zero attached hydrogens (tertiary/aromatic N) is 1. The molecular weight excluding hydrogens is 298 g/mol. The van der Waals surface area contributed by atoms with Crippen molar-refractivity contribution in [3.8, 4) is 0 Å². The maximum Gasteiger partial charge on any atom is 0.251 e. The predicted octanol–water partition coefficient (Wildman–Crippen LogP) is 2.69. The van der Waals surface area contributed by atoms with Gasteiger partial charge in [-0.2, -0.15) is 0 Å². The van der Waals surface area contributed by atoms with E-state index < -0.39 is 0 Å². The Hall–Kier alpha value is -1.26. The summed E-state index contributed by atoms with van der Waals surface area (Å²) in [5, 5.41) is -0.319. The summed E-state index contributed by atoms with van der Waals surface area (Å²) < 4.78 is 0. The van der Waals surface area contributed by atoms with Crippen LogP contribution in [-0.4, -0.2) is 35.3 Å². The van der Waals surface area contributed by atoms with Crippen LogP contribution in [-0.2, 0) is 4.79 Å². The van der Waals surface area contributed by atoms with E-state index in [2.05, 4.69) is 13.5 Å². The minimum atomic E-state index is -0.319. The molecule has 0 fully saturated rings. The van der Waals surface area contributed by atoms with E-state index in [4.69, 9.17) is 23.1 Å². The van der Waals surface area contributed by atoms with Gasteiger partial charge in [0.1, 0.15) is 0 Å². The number of alkyl halides is 1. The first-order valence-electron chi connectivity index (χ1n) is 7.88. The third kappa shape index (κ3) is 5.18. The molecule has 0 aliphatic heterocycles. The molecule has 0 saturated heterocycles. The van der Waals surface area contributed by atoms with E-state index in [1.165, 1.54) is 0 Å². The zero-order valence-electron chi connectivity index (χ0n) is 13.6. The van der Waals surface area contributed by atoms with Crippen LogP contribution < -0.4 is 11.5 Å². The van der Waals surface area contributed by atoms with Crippen LogP contribution in [0.1, 0.15) is 39.5 Å². The van der Waals surface area contributed by atoms with Crippen molar-refractivity contribution in [3.05, 3.63) is 35.6 Å². The minimum Gasteiger partial charge on any atom is -0.402 e. The van der Waals surface area contributed by atoms with E-state index >= 15 is 0 Å². The first-order chi connectivity index (χ1) is 10.4. The number of carbonyl (C=O) groups excluding carboxylic acids is 1. The number of nitrogens with two attached hydrogens (primary N) is 2. The number of carbonyl (C=O) groups is 1. The van der Waals surface area contributed by atoms with Gasteiger partial charge in [-0.3, -0.25) is 4.79 Å². The molecule has 1 rings (SSSR count). The third-order valence-corrected chi connectivity index (χ3v) is 4.25. The van der Waals surface area contributed by atoms with Gasteiger partial charge in [-0.15, -0.1) is 11.6 Å². The van der Waals surface area contributed by atoms with Gasteiger partial charge in [-0.1, -0.05) is 37.6 Å². The Kier molecular flexibility index (Phi) is 7.69. The molecule has 0 radical (unpaired) electrons. The van der Waals surface area contributed by atoms with Gasteiger partial charge in [-0.25, -0.2) is 0 Å². The third-order valence-electron chi connectivity index (χ3n) is 3.87. The minimum absolute atomic E-state index is 0.00623. The highest BCUT2D eigenvalue weighted by atomic mass is 35.5. The summed E-state index contributed by atoms with van der Waals surface area (Å²) in [4.78, 5) is 14.6. The van der Waals surface area contributed by atoms with E-state index in [-0.39, 0.29) is 17.3 Å². The van der Waals surface area contributed by atoms with Crippen molar-refractivity contribution >= 4 is 17.5 Å². The standard InChI is InChI=1S/C17H28ClN3O/c1-4-5-8-21(13(3)11-19)17(22)15-7-6-14(9-12(2)20)10-16(15)18/h6-7,13,16H,2,4-5,8-11,19-20H2,1,3H3. The van der Waals surface area contributed by atoms with Crippen LogP contribution in [0.25, 0.3) is 0 Å². The van der Waals surface area contributed by atoms with Gasteiger partial charge in [0.2, 0.25) is 0 Å². The van der Waals surface area contributed by atoms with Gasteiger partial charge in [0.25, 0.3) is 5.91 Å². The summed E-state index contributed by atoms with van der Waals surface area (Å²) >= 11 is 6.42. The maximum absolute atomic E-state index is 12.8. The van der Waals surface area contributed by atoms with Gasteiger partial charge in [-0.05, 0) is 19.8 Å². The molecule has 2 atom stereocenters. The molecule has 4 nitrogen and oxygen atoms in total. The highest BCUT2D eigenvalue weighted by Gasteiger charge is 2.28. The van der Waals surface area contributed by atoms with Crippen molar-refractivity contribution in [1.82, 2.24) is 4.90 Å². The van der Waals surface area contributed by atoms with Gasteiger partial charge in [0, 0.05) is 36.8 Å². The average molecular weight is 326 g/mol. The lowest BCUT2D eigenvalue weighted by Crippen LogP contribution is -2.45. The van der Waals surface area contributed by atoms with Crippen LogP contribution in [0.3, 0.4) is 0 Å². The summed E-state index contributed by atoms with van der Waals surface area (Å²) in [6.07, 6.45) is 7.02. The summed E-state index contributed by atoms with van der Waals surface area (Å²) in [6, 6.07) is 0.0120. The van der Waals surface area contributed by atoms with Gasteiger partial charge >= 0.3 is 0 Å². The van der Waals surface area contributed by atoms with Crippen molar-refractivity contribution in [2.75, 3.05) is 13.1 Å². The monoisotopic (exact) mass is 325 g/mol. The van der Waals surface area contributed by atoms with E-state index in [0.717, 1.165) is 18.4 Å². The summed E-state index contributed by atoms with van der Waals surface area (Å²) in [5.74, 6) is -0.00623. The molecule has 124 valence electrons. The molecule has 22 heavy (non-hydrogen) atoms. The number of rotatable bonds is 8.